The predicted molar refractivity (Wildman–Crippen MR) is 91.3 cm³/mol. The zero-order valence-corrected chi connectivity index (χ0v) is 14.1. The summed E-state index contributed by atoms with van der Waals surface area (Å²) in [6.45, 7) is 2.57. The molecule has 7 heteroatoms. The molecule has 24 heavy (non-hydrogen) atoms. The zero-order valence-electron chi connectivity index (χ0n) is 13.3. The largest absolute Gasteiger partial charge is 0.480 e. The average Bonchev–Trinajstić information content (AvgIpc) is 2.89. The predicted octanol–water partition coefficient (Wildman–Crippen LogP) is 0.717. The van der Waals surface area contributed by atoms with Crippen LogP contribution in [0.25, 0.3) is 0 Å². The number of rotatable bonds is 3. The van der Waals surface area contributed by atoms with Crippen molar-refractivity contribution in [1.82, 2.24) is 9.80 Å². The van der Waals surface area contributed by atoms with Gasteiger partial charge in [0.2, 0.25) is 5.91 Å². The first-order valence-corrected chi connectivity index (χ1v) is 9.14. The summed E-state index contributed by atoms with van der Waals surface area (Å²) in [6, 6.07) is 9.01. The summed E-state index contributed by atoms with van der Waals surface area (Å²) in [6.07, 6.45) is 1.54. The SMILES string of the molecule is NC1C(=O)N2C(C(=O)O)C3(CCN(Cc4ccccc4)CC3)S[C@H]12. The third-order valence-electron chi connectivity index (χ3n) is 5.44. The lowest BCUT2D eigenvalue weighted by molar-refractivity contribution is -0.160. The fourth-order valence-corrected chi connectivity index (χ4v) is 5.98. The maximum absolute atomic E-state index is 12.0. The van der Waals surface area contributed by atoms with Crippen LogP contribution in [0.2, 0.25) is 0 Å². The van der Waals surface area contributed by atoms with Gasteiger partial charge < -0.3 is 15.7 Å². The Hall–Kier alpha value is -1.57. The quantitative estimate of drug-likeness (QED) is 0.784. The molecule has 3 N–H and O–H groups in total. The molecule has 3 heterocycles. The number of amides is 1. The summed E-state index contributed by atoms with van der Waals surface area (Å²) in [4.78, 5) is 27.7. The maximum atomic E-state index is 12.0. The van der Waals surface area contributed by atoms with Gasteiger partial charge in [-0.25, -0.2) is 4.79 Å². The number of piperidine rings is 1. The van der Waals surface area contributed by atoms with E-state index in [-0.39, 0.29) is 11.3 Å². The van der Waals surface area contributed by atoms with Crippen molar-refractivity contribution in [2.75, 3.05) is 13.1 Å². The minimum atomic E-state index is -0.901. The summed E-state index contributed by atoms with van der Waals surface area (Å²) in [5.41, 5.74) is 7.14. The molecule has 1 amide bonds. The highest BCUT2D eigenvalue weighted by Gasteiger charge is 2.66. The number of hydrogen-bond donors (Lipinski definition) is 2. The van der Waals surface area contributed by atoms with Gasteiger partial charge in [-0.05, 0) is 31.5 Å². The molecule has 3 atom stereocenters. The fourth-order valence-electron chi connectivity index (χ4n) is 4.14. The highest BCUT2D eigenvalue weighted by atomic mass is 32.2. The average molecular weight is 347 g/mol. The number of thioether (sulfide) groups is 1. The molecule has 0 aliphatic carbocycles. The summed E-state index contributed by atoms with van der Waals surface area (Å²) < 4.78 is -0.395. The van der Waals surface area contributed by atoms with Gasteiger partial charge in [0.1, 0.15) is 17.5 Å². The number of nitrogens with zero attached hydrogens (tertiary/aromatic N) is 2. The van der Waals surface area contributed by atoms with Crippen LogP contribution in [0.3, 0.4) is 0 Å². The standard InChI is InChI=1S/C17H21N3O3S/c18-12-14(21)20-13(16(22)23)17(24-15(12)20)6-8-19(9-7-17)10-11-4-2-1-3-5-11/h1-5,12-13,15H,6-10,18H2,(H,22,23)/t12?,13?,15-/m1/s1. The van der Waals surface area contributed by atoms with E-state index in [2.05, 4.69) is 17.0 Å². The number of carboxylic acid groups (broad SMARTS) is 1. The Balaban J connectivity index is 1.47. The number of fused-ring (bicyclic) bond motifs is 1. The summed E-state index contributed by atoms with van der Waals surface area (Å²) >= 11 is 1.61. The molecule has 1 aromatic rings. The molecular formula is C17H21N3O3S. The second-order valence-electron chi connectivity index (χ2n) is 6.85. The van der Waals surface area contributed by atoms with E-state index in [0.29, 0.717) is 0 Å². The number of likely N-dealkylation sites (tertiary alicyclic amines) is 1. The Bertz CT molecular complexity index is 660. The molecule has 3 saturated heterocycles. The Morgan fingerprint density at radius 2 is 1.96 bits per heavy atom. The minimum Gasteiger partial charge on any atom is -0.480 e. The zero-order chi connectivity index (χ0) is 16.9. The Morgan fingerprint density at radius 3 is 2.58 bits per heavy atom. The highest BCUT2D eigenvalue weighted by Crippen LogP contribution is 2.55. The van der Waals surface area contributed by atoms with Crippen molar-refractivity contribution >= 4 is 23.6 Å². The molecule has 128 valence electrons. The highest BCUT2D eigenvalue weighted by molar-refractivity contribution is 8.01. The van der Waals surface area contributed by atoms with E-state index in [9.17, 15) is 14.7 Å². The number of carbonyl (C=O) groups is 2. The van der Waals surface area contributed by atoms with Crippen molar-refractivity contribution in [3.63, 3.8) is 0 Å². The lowest BCUT2D eigenvalue weighted by Crippen LogP contribution is -2.69. The number of nitrogens with two attached hydrogens (primary N) is 1. The molecule has 2 unspecified atom stereocenters. The Labute approximate surface area is 145 Å². The molecule has 0 bridgehead atoms. The number of β-lactam (4-membered cyclic amide) rings is 1. The van der Waals surface area contributed by atoms with Gasteiger partial charge in [-0.1, -0.05) is 30.3 Å². The van der Waals surface area contributed by atoms with Gasteiger partial charge in [0.25, 0.3) is 0 Å². The van der Waals surface area contributed by atoms with Crippen LogP contribution >= 0.6 is 11.8 Å². The molecule has 3 aliphatic heterocycles. The van der Waals surface area contributed by atoms with Crippen molar-refractivity contribution < 1.29 is 14.7 Å². The maximum Gasteiger partial charge on any atom is 0.327 e. The van der Waals surface area contributed by atoms with Crippen molar-refractivity contribution in [1.29, 1.82) is 0 Å². The van der Waals surface area contributed by atoms with Gasteiger partial charge in [0.05, 0.1) is 4.75 Å². The molecule has 3 aliphatic rings. The van der Waals surface area contributed by atoms with Crippen LogP contribution in [0.15, 0.2) is 30.3 Å². The third kappa shape index (κ3) is 2.34. The van der Waals surface area contributed by atoms with Crippen molar-refractivity contribution in [3.05, 3.63) is 35.9 Å². The second kappa shape index (κ2) is 5.75. The molecule has 1 spiro atoms. The van der Waals surface area contributed by atoms with Crippen LogP contribution in [0.5, 0.6) is 0 Å². The van der Waals surface area contributed by atoms with Crippen LogP contribution in [0.1, 0.15) is 18.4 Å². The van der Waals surface area contributed by atoms with Gasteiger partial charge >= 0.3 is 5.97 Å². The van der Waals surface area contributed by atoms with Gasteiger partial charge in [-0.3, -0.25) is 9.69 Å². The first kappa shape index (κ1) is 15.9. The first-order valence-electron chi connectivity index (χ1n) is 8.26. The van der Waals surface area contributed by atoms with E-state index in [1.165, 1.54) is 10.5 Å². The molecule has 1 aromatic carbocycles. The number of carbonyl (C=O) groups excluding carboxylic acids is 1. The molecule has 0 aromatic heterocycles. The van der Waals surface area contributed by atoms with E-state index in [1.54, 1.807) is 11.8 Å². The van der Waals surface area contributed by atoms with Crippen LogP contribution < -0.4 is 5.73 Å². The van der Waals surface area contributed by atoms with E-state index >= 15 is 0 Å². The molecule has 0 saturated carbocycles. The molecule has 0 radical (unpaired) electrons. The summed E-state index contributed by atoms with van der Waals surface area (Å²) in [5.74, 6) is -1.12. The molecular weight excluding hydrogens is 326 g/mol. The van der Waals surface area contributed by atoms with Gasteiger partial charge in [-0.2, -0.15) is 0 Å². The van der Waals surface area contributed by atoms with Crippen molar-refractivity contribution in [2.45, 2.75) is 41.6 Å². The van der Waals surface area contributed by atoms with E-state index in [1.807, 2.05) is 18.2 Å². The van der Waals surface area contributed by atoms with Crippen molar-refractivity contribution in [3.8, 4) is 0 Å². The van der Waals surface area contributed by atoms with E-state index < -0.39 is 22.8 Å². The topological polar surface area (TPSA) is 86.9 Å². The number of aliphatic carboxylic acids is 1. The fraction of sp³-hybridized carbons (Fsp3) is 0.529. The molecule has 6 nitrogen and oxygen atoms in total. The van der Waals surface area contributed by atoms with Gasteiger partial charge in [0.15, 0.2) is 0 Å². The third-order valence-corrected chi connectivity index (χ3v) is 7.30. The lowest BCUT2D eigenvalue weighted by Gasteiger charge is -2.43. The Morgan fingerprint density at radius 1 is 1.29 bits per heavy atom. The van der Waals surface area contributed by atoms with Crippen LogP contribution in [0, 0.1) is 0 Å². The second-order valence-corrected chi connectivity index (χ2v) is 8.38. The van der Waals surface area contributed by atoms with Crippen LogP contribution in [-0.2, 0) is 16.1 Å². The summed E-state index contributed by atoms with van der Waals surface area (Å²) in [7, 11) is 0. The molecule has 4 rings (SSSR count). The Kier molecular flexibility index (Phi) is 3.82. The number of hydrogen-bond acceptors (Lipinski definition) is 5. The summed E-state index contributed by atoms with van der Waals surface area (Å²) in [5, 5.41) is 9.53. The normalized spacial score (nSPS) is 31.8. The van der Waals surface area contributed by atoms with E-state index in [0.717, 1.165) is 32.5 Å². The van der Waals surface area contributed by atoms with E-state index in [4.69, 9.17) is 5.73 Å². The number of carboxylic acids is 1. The molecule has 3 fully saturated rings. The van der Waals surface area contributed by atoms with Crippen LogP contribution in [-0.4, -0.2) is 62.1 Å². The monoisotopic (exact) mass is 347 g/mol. The van der Waals surface area contributed by atoms with Crippen molar-refractivity contribution in [2.24, 2.45) is 5.73 Å². The number of benzene rings is 1. The van der Waals surface area contributed by atoms with Gasteiger partial charge in [-0.15, -0.1) is 11.8 Å². The van der Waals surface area contributed by atoms with Gasteiger partial charge in [0, 0.05) is 6.54 Å². The first-order chi connectivity index (χ1) is 11.5. The minimum absolute atomic E-state index is 0.167. The van der Waals surface area contributed by atoms with Crippen LogP contribution in [0.4, 0.5) is 0 Å². The lowest BCUT2D eigenvalue weighted by atomic mass is 9.85. The smallest absolute Gasteiger partial charge is 0.327 e.